The molecule has 23 heavy (non-hydrogen) atoms. The van der Waals surface area contributed by atoms with Crippen LogP contribution >= 0.6 is 7.44 Å². The molecule has 0 saturated carbocycles. The van der Waals surface area contributed by atoms with Crippen molar-refractivity contribution in [2.75, 3.05) is 18.5 Å². The van der Waals surface area contributed by atoms with Crippen molar-refractivity contribution < 1.29 is 18.8 Å². The van der Waals surface area contributed by atoms with Gasteiger partial charge in [0.25, 0.3) is 7.44 Å². The summed E-state index contributed by atoms with van der Waals surface area (Å²) in [6.07, 6.45) is -0.355. The van der Waals surface area contributed by atoms with Crippen molar-refractivity contribution in [2.24, 2.45) is 0 Å². The number of ether oxygens (including phenoxy) is 2. The fraction of sp³-hybridized carbons (Fsp3) is 0.467. The van der Waals surface area contributed by atoms with E-state index in [2.05, 4.69) is 10.2 Å². The zero-order valence-electron chi connectivity index (χ0n) is 13.7. The molecular formula is C15H22N3O4P. The van der Waals surface area contributed by atoms with Gasteiger partial charge in [-0.1, -0.05) is 0 Å². The van der Waals surface area contributed by atoms with Gasteiger partial charge < -0.3 is 14.6 Å². The van der Waals surface area contributed by atoms with Crippen LogP contribution in [0.25, 0.3) is 0 Å². The Morgan fingerprint density at radius 3 is 2.39 bits per heavy atom. The van der Waals surface area contributed by atoms with Gasteiger partial charge in [-0.25, -0.2) is 5.09 Å². The van der Waals surface area contributed by atoms with Crippen LogP contribution in [0.4, 0.5) is 5.69 Å². The van der Waals surface area contributed by atoms with Gasteiger partial charge in [0.05, 0.1) is 17.7 Å². The van der Waals surface area contributed by atoms with Gasteiger partial charge in [0, 0.05) is 12.8 Å². The second kappa shape index (κ2) is 8.68. The van der Waals surface area contributed by atoms with Crippen molar-refractivity contribution in [1.82, 2.24) is 5.09 Å². The van der Waals surface area contributed by atoms with Crippen molar-refractivity contribution in [3.05, 3.63) is 29.8 Å². The molecular weight excluding hydrogens is 317 g/mol. The maximum absolute atomic E-state index is 12.9. The van der Waals surface area contributed by atoms with Gasteiger partial charge in [0.1, 0.15) is 12.4 Å². The standard InChI is InChI=1S/C15H22N3O4P/c1-11(2)22-15(19)12(3)17-23(20,10-21-4)18-14-7-5-13(9-16)6-8-14/h5-8,11-12H,10H2,1-4H3,(H2,17,18,20)/t12-,23?/m0/s1. The van der Waals surface area contributed by atoms with Gasteiger partial charge >= 0.3 is 5.97 Å². The fourth-order valence-electron chi connectivity index (χ4n) is 1.81. The molecule has 8 heteroatoms. The molecule has 0 saturated heterocycles. The maximum atomic E-state index is 12.9. The molecule has 126 valence electrons. The number of nitrogens with zero attached hydrogens (tertiary/aromatic N) is 1. The first-order valence-corrected chi connectivity index (χ1v) is 9.03. The van der Waals surface area contributed by atoms with Gasteiger partial charge in [-0.05, 0) is 45.0 Å². The molecule has 0 heterocycles. The third-order valence-corrected chi connectivity index (χ3v) is 4.79. The number of methoxy groups -OCH3 is 1. The highest BCUT2D eigenvalue weighted by molar-refractivity contribution is 7.63. The van der Waals surface area contributed by atoms with E-state index in [-0.39, 0.29) is 12.5 Å². The fourth-order valence-corrected chi connectivity index (χ4v) is 3.68. The number of anilines is 1. The molecule has 0 radical (unpaired) electrons. The number of carbonyl (C=O) groups is 1. The number of nitriles is 1. The minimum absolute atomic E-state index is 0.105. The van der Waals surface area contributed by atoms with Crippen molar-refractivity contribution in [3.63, 3.8) is 0 Å². The Morgan fingerprint density at radius 1 is 1.30 bits per heavy atom. The van der Waals surface area contributed by atoms with Crippen molar-refractivity contribution in [2.45, 2.75) is 32.9 Å². The average Bonchev–Trinajstić information content (AvgIpc) is 2.47. The number of hydrogen-bond donors (Lipinski definition) is 2. The molecule has 2 atom stereocenters. The van der Waals surface area contributed by atoms with Crippen molar-refractivity contribution in [1.29, 1.82) is 5.26 Å². The Morgan fingerprint density at radius 2 is 1.91 bits per heavy atom. The molecule has 1 rings (SSSR count). The third-order valence-electron chi connectivity index (χ3n) is 2.74. The maximum Gasteiger partial charge on any atom is 0.323 e. The first kappa shape index (κ1) is 19.2. The van der Waals surface area contributed by atoms with Gasteiger partial charge in [0.2, 0.25) is 0 Å². The molecule has 0 spiro atoms. The van der Waals surface area contributed by atoms with E-state index in [1.807, 2.05) is 6.07 Å². The third kappa shape index (κ3) is 6.41. The molecule has 2 N–H and O–H groups in total. The van der Waals surface area contributed by atoms with Crippen LogP contribution in [-0.4, -0.2) is 31.6 Å². The van der Waals surface area contributed by atoms with Crippen molar-refractivity contribution in [3.8, 4) is 6.07 Å². The molecule has 0 bridgehead atoms. The molecule has 0 aliphatic carbocycles. The van der Waals surface area contributed by atoms with E-state index in [9.17, 15) is 9.36 Å². The van der Waals surface area contributed by atoms with Crippen LogP contribution < -0.4 is 10.2 Å². The van der Waals surface area contributed by atoms with E-state index in [4.69, 9.17) is 14.7 Å². The summed E-state index contributed by atoms with van der Waals surface area (Å²) in [7, 11) is -1.80. The number of rotatable bonds is 8. The SMILES string of the molecule is COCP(=O)(Nc1ccc(C#N)cc1)N[C@@H](C)C(=O)OC(C)C. The van der Waals surface area contributed by atoms with Crippen molar-refractivity contribution >= 4 is 19.1 Å². The van der Waals surface area contributed by atoms with Gasteiger partial charge in [-0.3, -0.25) is 9.36 Å². The largest absolute Gasteiger partial charge is 0.462 e. The lowest BCUT2D eigenvalue weighted by Gasteiger charge is -2.24. The lowest BCUT2D eigenvalue weighted by atomic mass is 10.2. The van der Waals surface area contributed by atoms with E-state index in [0.29, 0.717) is 11.3 Å². The normalized spacial score (nSPS) is 14.6. The van der Waals surface area contributed by atoms with E-state index in [1.165, 1.54) is 7.11 Å². The molecule has 7 nitrogen and oxygen atoms in total. The average molecular weight is 339 g/mol. The summed E-state index contributed by atoms with van der Waals surface area (Å²) in [5, 5.41) is 14.4. The first-order valence-electron chi connectivity index (χ1n) is 7.14. The van der Waals surface area contributed by atoms with E-state index >= 15 is 0 Å². The number of benzene rings is 1. The number of carbonyl (C=O) groups excluding carboxylic acids is 1. The summed E-state index contributed by atoms with van der Waals surface area (Å²) in [6.45, 7) is 5.07. The highest BCUT2D eigenvalue weighted by Crippen LogP contribution is 2.41. The zero-order chi connectivity index (χ0) is 17.5. The molecule has 0 aliphatic heterocycles. The predicted octanol–water partition coefficient (Wildman–Crippen LogP) is 2.70. The molecule has 0 amide bonds. The second-order valence-corrected chi connectivity index (χ2v) is 7.51. The molecule has 0 fully saturated rings. The second-order valence-electron chi connectivity index (χ2n) is 5.29. The quantitative estimate of drug-likeness (QED) is 0.555. The van der Waals surface area contributed by atoms with Gasteiger partial charge in [0.15, 0.2) is 0 Å². The lowest BCUT2D eigenvalue weighted by Crippen LogP contribution is -2.36. The van der Waals surface area contributed by atoms with Crippen LogP contribution in [0.5, 0.6) is 0 Å². The van der Waals surface area contributed by atoms with Gasteiger partial charge in [-0.15, -0.1) is 0 Å². The summed E-state index contributed by atoms with van der Waals surface area (Å²) in [5.74, 6) is -0.488. The van der Waals surface area contributed by atoms with Crippen LogP contribution in [-0.2, 0) is 18.8 Å². The molecule has 0 aliphatic rings. The molecule has 1 unspecified atom stereocenters. The minimum Gasteiger partial charge on any atom is -0.462 e. The van der Waals surface area contributed by atoms with Crippen LogP contribution in [0.3, 0.4) is 0 Å². The molecule has 1 aromatic rings. The zero-order valence-corrected chi connectivity index (χ0v) is 14.6. The summed E-state index contributed by atoms with van der Waals surface area (Å²) >= 11 is 0. The van der Waals surface area contributed by atoms with E-state index < -0.39 is 19.5 Å². The summed E-state index contributed by atoms with van der Waals surface area (Å²) in [4.78, 5) is 11.9. The van der Waals surface area contributed by atoms with Gasteiger partial charge in [-0.2, -0.15) is 5.26 Å². The highest BCUT2D eigenvalue weighted by Gasteiger charge is 2.28. The highest BCUT2D eigenvalue weighted by atomic mass is 31.2. The summed E-state index contributed by atoms with van der Waals surface area (Å²) in [5.41, 5.74) is 1.06. The smallest absolute Gasteiger partial charge is 0.323 e. The Hall–Kier alpha value is -1.87. The summed E-state index contributed by atoms with van der Waals surface area (Å²) in [6, 6.07) is 7.74. The number of hydrogen-bond acceptors (Lipinski definition) is 5. The minimum atomic E-state index is -3.22. The lowest BCUT2D eigenvalue weighted by molar-refractivity contribution is -0.148. The molecule has 0 aromatic heterocycles. The van der Waals surface area contributed by atoms with E-state index in [0.717, 1.165) is 0 Å². The van der Waals surface area contributed by atoms with Crippen LogP contribution in [0.15, 0.2) is 24.3 Å². The van der Waals surface area contributed by atoms with Crippen LogP contribution in [0, 0.1) is 11.3 Å². The number of nitrogens with one attached hydrogen (secondary N) is 2. The Labute approximate surface area is 136 Å². The van der Waals surface area contributed by atoms with Crippen LogP contribution in [0.1, 0.15) is 26.3 Å². The van der Waals surface area contributed by atoms with Crippen LogP contribution in [0.2, 0.25) is 0 Å². The first-order chi connectivity index (χ1) is 10.8. The number of esters is 1. The predicted molar refractivity (Wildman–Crippen MR) is 88.1 cm³/mol. The Balaban J connectivity index is 2.83. The monoisotopic (exact) mass is 339 g/mol. The topological polar surface area (TPSA) is 100 Å². The molecule has 1 aromatic carbocycles. The van der Waals surface area contributed by atoms with E-state index in [1.54, 1.807) is 45.0 Å². The summed E-state index contributed by atoms with van der Waals surface area (Å²) < 4.78 is 23.0. The Bertz CT molecular complexity index is 610. The Kier molecular flexibility index (Phi) is 7.24.